The first kappa shape index (κ1) is 19.5. The van der Waals surface area contributed by atoms with Gasteiger partial charge in [0.2, 0.25) is 0 Å². The van der Waals surface area contributed by atoms with Crippen molar-refractivity contribution in [3.63, 3.8) is 0 Å². The summed E-state index contributed by atoms with van der Waals surface area (Å²) >= 11 is 1.66. The Morgan fingerprint density at radius 2 is 1.70 bits per heavy atom. The van der Waals surface area contributed by atoms with Crippen molar-refractivity contribution < 1.29 is 14.6 Å². The lowest BCUT2D eigenvalue weighted by Gasteiger charge is -2.23. The molecule has 0 amide bonds. The number of thioether (sulfide) groups is 1. The third-order valence-corrected chi connectivity index (χ3v) is 5.95. The number of hydrogen-bond donors (Lipinski definition) is 1. The molecule has 0 saturated carbocycles. The minimum Gasteiger partial charge on any atom is -0.469 e. The van der Waals surface area contributed by atoms with Crippen LogP contribution in [0.5, 0.6) is 0 Å². The van der Waals surface area contributed by atoms with Crippen LogP contribution in [0.2, 0.25) is 0 Å². The van der Waals surface area contributed by atoms with Gasteiger partial charge in [0.15, 0.2) is 0 Å². The first-order valence-corrected chi connectivity index (χ1v) is 10.0. The molecule has 0 bridgehead atoms. The fraction of sp³-hybridized carbons (Fsp3) is 0.261. The summed E-state index contributed by atoms with van der Waals surface area (Å²) in [5.74, 6) is -0.236. The maximum Gasteiger partial charge on any atom is 0.305 e. The zero-order chi connectivity index (χ0) is 19.1. The van der Waals surface area contributed by atoms with E-state index in [9.17, 15) is 9.90 Å². The van der Waals surface area contributed by atoms with Gasteiger partial charge in [0.25, 0.3) is 0 Å². The summed E-state index contributed by atoms with van der Waals surface area (Å²) < 4.78 is 4.70. The van der Waals surface area contributed by atoms with Crippen LogP contribution in [0.25, 0.3) is 10.8 Å². The fourth-order valence-electron chi connectivity index (χ4n) is 3.11. The molecule has 0 aliphatic rings. The number of esters is 1. The summed E-state index contributed by atoms with van der Waals surface area (Å²) in [4.78, 5) is 12.5. The zero-order valence-electron chi connectivity index (χ0n) is 15.4. The van der Waals surface area contributed by atoms with Gasteiger partial charge >= 0.3 is 5.97 Å². The number of fused-ring (bicyclic) bond motifs is 1. The Morgan fingerprint density at radius 3 is 2.44 bits per heavy atom. The first-order chi connectivity index (χ1) is 13.2. The molecule has 0 saturated heterocycles. The van der Waals surface area contributed by atoms with Crippen molar-refractivity contribution in [3.8, 4) is 0 Å². The van der Waals surface area contributed by atoms with Crippen molar-refractivity contribution in [2.75, 3.05) is 7.11 Å². The second-order valence-corrected chi connectivity index (χ2v) is 7.71. The van der Waals surface area contributed by atoms with Crippen LogP contribution >= 0.6 is 11.8 Å². The van der Waals surface area contributed by atoms with E-state index in [0.717, 1.165) is 15.8 Å². The normalized spacial score (nSPS) is 13.3. The molecule has 0 unspecified atom stereocenters. The summed E-state index contributed by atoms with van der Waals surface area (Å²) in [6.45, 7) is 0. The summed E-state index contributed by atoms with van der Waals surface area (Å²) in [6.07, 6.45) is 0.925. The average molecular weight is 381 g/mol. The third-order valence-electron chi connectivity index (χ3n) is 4.57. The van der Waals surface area contributed by atoms with E-state index in [1.165, 1.54) is 12.5 Å². The number of rotatable bonds is 8. The van der Waals surface area contributed by atoms with E-state index in [2.05, 4.69) is 42.5 Å². The summed E-state index contributed by atoms with van der Waals surface area (Å²) in [5, 5.41) is 13.2. The van der Waals surface area contributed by atoms with E-state index in [1.54, 1.807) is 11.8 Å². The van der Waals surface area contributed by atoms with Crippen molar-refractivity contribution >= 4 is 28.5 Å². The molecule has 27 heavy (non-hydrogen) atoms. The molecule has 0 heterocycles. The number of carbonyl (C=O) groups is 1. The molecular formula is C23H24O3S. The highest BCUT2D eigenvalue weighted by Gasteiger charge is 2.23. The van der Waals surface area contributed by atoms with Gasteiger partial charge in [-0.25, -0.2) is 0 Å². The second kappa shape index (κ2) is 9.58. The van der Waals surface area contributed by atoms with E-state index in [0.29, 0.717) is 19.3 Å². The Hall–Kier alpha value is -2.30. The topological polar surface area (TPSA) is 46.5 Å². The van der Waals surface area contributed by atoms with Crippen LogP contribution in [0.1, 0.15) is 30.1 Å². The molecule has 3 rings (SSSR count). The number of aliphatic hydroxyl groups is 1. The van der Waals surface area contributed by atoms with Gasteiger partial charge in [-0.1, -0.05) is 54.6 Å². The largest absolute Gasteiger partial charge is 0.469 e. The minimum atomic E-state index is -0.555. The van der Waals surface area contributed by atoms with Crippen molar-refractivity contribution in [2.24, 2.45) is 0 Å². The van der Waals surface area contributed by atoms with Crippen molar-refractivity contribution in [1.82, 2.24) is 0 Å². The Bertz CT molecular complexity index is 879. The van der Waals surface area contributed by atoms with Crippen LogP contribution in [-0.2, 0) is 9.53 Å². The Morgan fingerprint density at radius 1 is 1.00 bits per heavy atom. The van der Waals surface area contributed by atoms with Crippen molar-refractivity contribution in [3.05, 3.63) is 78.4 Å². The Balaban J connectivity index is 1.82. The van der Waals surface area contributed by atoms with Gasteiger partial charge in [0, 0.05) is 11.3 Å². The molecule has 0 radical (unpaired) electrons. The van der Waals surface area contributed by atoms with E-state index >= 15 is 0 Å². The van der Waals surface area contributed by atoms with Gasteiger partial charge in [-0.3, -0.25) is 4.79 Å². The Kier molecular flexibility index (Phi) is 6.91. The lowest BCUT2D eigenvalue weighted by Crippen LogP contribution is -2.16. The summed E-state index contributed by atoms with van der Waals surface area (Å²) in [6, 6.07) is 24.7. The molecular weight excluding hydrogens is 356 g/mol. The molecule has 0 aliphatic carbocycles. The van der Waals surface area contributed by atoms with Crippen LogP contribution in [-0.4, -0.2) is 24.3 Å². The number of ether oxygens (including phenoxy) is 1. The van der Waals surface area contributed by atoms with Gasteiger partial charge in [0.05, 0.1) is 18.5 Å². The zero-order valence-corrected chi connectivity index (χ0v) is 16.2. The van der Waals surface area contributed by atoms with E-state index in [-0.39, 0.29) is 11.2 Å². The SMILES string of the molecule is COC(=O)CCC[C@@H](O)[C@@H](Sc1ccccc1)c1ccc2ccccc2c1. The van der Waals surface area contributed by atoms with Crippen molar-refractivity contribution in [2.45, 2.75) is 35.5 Å². The lowest BCUT2D eigenvalue weighted by atomic mass is 9.99. The van der Waals surface area contributed by atoms with Crippen LogP contribution < -0.4 is 0 Å². The highest BCUT2D eigenvalue weighted by molar-refractivity contribution is 7.99. The molecule has 3 aromatic carbocycles. The fourth-order valence-corrected chi connectivity index (χ4v) is 4.29. The smallest absolute Gasteiger partial charge is 0.305 e. The Labute approximate surface area is 164 Å². The molecule has 3 aromatic rings. The molecule has 0 aromatic heterocycles. The number of methoxy groups -OCH3 is 1. The van der Waals surface area contributed by atoms with Crippen LogP contribution in [0.15, 0.2) is 77.7 Å². The first-order valence-electron chi connectivity index (χ1n) is 9.12. The van der Waals surface area contributed by atoms with Gasteiger partial charge in [-0.2, -0.15) is 0 Å². The summed E-state index contributed by atoms with van der Waals surface area (Å²) in [5.41, 5.74) is 1.09. The quantitative estimate of drug-likeness (QED) is 0.421. The van der Waals surface area contributed by atoms with E-state index in [4.69, 9.17) is 4.74 Å². The monoisotopic (exact) mass is 380 g/mol. The highest BCUT2D eigenvalue weighted by Crippen LogP contribution is 2.40. The second-order valence-electron chi connectivity index (χ2n) is 6.49. The molecule has 3 nitrogen and oxygen atoms in total. The van der Waals surface area contributed by atoms with Crippen LogP contribution in [0, 0.1) is 0 Å². The number of carbonyl (C=O) groups excluding carboxylic acids is 1. The van der Waals surface area contributed by atoms with E-state index in [1.807, 2.05) is 30.3 Å². The molecule has 1 N–H and O–H groups in total. The van der Waals surface area contributed by atoms with Crippen LogP contribution in [0.3, 0.4) is 0 Å². The number of benzene rings is 3. The van der Waals surface area contributed by atoms with Gasteiger partial charge in [-0.15, -0.1) is 11.8 Å². The van der Waals surface area contributed by atoms with Gasteiger partial charge in [0.1, 0.15) is 0 Å². The highest BCUT2D eigenvalue weighted by atomic mass is 32.2. The van der Waals surface area contributed by atoms with Gasteiger partial charge in [-0.05, 0) is 47.4 Å². The lowest BCUT2D eigenvalue weighted by molar-refractivity contribution is -0.140. The molecule has 0 aliphatic heterocycles. The minimum absolute atomic E-state index is 0.102. The predicted octanol–water partition coefficient (Wildman–Crippen LogP) is 5.38. The molecule has 0 fully saturated rings. The maximum atomic E-state index is 11.4. The number of hydrogen-bond acceptors (Lipinski definition) is 4. The van der Waals surface area contributed by atoms with Crippen molar-refractivity contribution in [1.29, 1.82) is 0 Å². The molecule has 140 valence electrons. The summed E-state index contributed by atoms with van der Waals surface area (Å²) in [7, 11) is 1.39. The standard InChI is InChI=1S/C23H24O3S/c1-26-22(25)13-7-12-21(24)23(27-20-10-3-2-4-11-20)19-15-14-17-8-5-6-9-18(17)16-19/h2-6,8-11,14-16,21,23-24H,7,12-13H2,1H3/t21-,23+/m1/s1. The predicted molar refractivity (Wildman–Crippen MR) is 111 cm³/mol. The average Bonchev–Trinajstić information content (AvgIpc) is 2.72. The number of aliphatic hydroxyl groups excluding tert-OH is 1. The van der Waals surface area contributed by atoms with E-state index < -0.39 is 6.10 Å². The molecule has 2 atom stereocenters. The molecule has 4 heteroatoms. The maximum absolute atomic E-state index is 11.4. The van der Waals surface area contributed by atoms with Crippen LogP contribution in [0.4, 0.5) is 0 Å². The molecule has 0 spiro atoms. The van der Waals surface area contributed by atoms with Gasteiger partial charge < -0.3 is 9.84 Å². The third kappa shape index (κ3) is 5.34.